The van der Waals surface area contributed by atoms with E-state index in [-0.39, 0.29) is 5.56 Å². The maximum absolute atomic E-state index is 11.8. The highest BCUT2D eigenvalue weighted by molar-refractivity contribution is 5.99. The molecule has 1 amide bonds. The molecule has 7 heteroatoms. The highest BCUT2D eigenvalue weighted by atomic mass is 16.6. The first-order valence-electron chi connectivity index (χ1n) is 5.82. The number of benzene rings is 1. The molecule has 0 heterocycles. The van der Waals surface area contributed by atoms with Crippen molar-refractivity contribution in [3.63, 3.8) is 0 Å². The molecule has 0 saturated carbocycles. The average molecular weight is 267 g/mol. The number of phenols is 1. The topological polar surface area (TPSA) is 95.7 Å². The molecule has 1 aromatic rings. The highest BCUT2D eigenvalue weighted by Gasteiger charge is 2.23. The molecule has 0 saturated heterocycles. The number of para-hydroxylation sites is 1. The fourth-order valence-corrected chi connectivity index (χ4v) is 1.60. The number of nitro groups is 1. The molecule has 0 bridgehead atoms. The SMILES string of the molecule is CN(C)CCCNC(=O)c1cccc(O)c1[N+](=O)[O-]. The summed E-state index contributed by atoms with van der Waals surface area (Å²) in [6.07, 6.45) is 0.741. The van der Waals surface area contributed by atoms with Gasteiger partial charge in [-0.1, -0.05) is 6.07 Å². The summed E-state index contributed by atoms with van der Waals surface area (Å²) in [4.78, 5) is 23.9. The Morgan fingerprint density at radius 1 is 1.47 bits per heavy atom. The van der Waals surface area contributed by atoms with E-state index >= 15 is 0 Å². The number of nitrogens with one attached hydrogen (secondary N) is 1. The third-order valence-corrected chi connectivity index (χ3v) is 2.51. The Morgan fingerprint density at radius 2 is 2.16 bits per heavy atom. The minimum Gasteiger partial charge on any atom is -0.502 e. The van der Waals surface area contributed by atoms with Crippen molar-refractivity contribution >= 4 is 11.6 Å². The van der Waals surface area contributed by atoms with Gasteiger partial charge in [-0.05, 0) is 39.2 Å². The monoisotopic (exact) mass is 267 g/mol. The number of nitro benzene ring substituents is 1. The van der Waals surface area contributed by atoms with Crippen molar-refractivity contribution in [3.05, 3.63) is 33.9 Å². The molecule has 2 N–H and O–H groups in total. The average Bonchev–Trinajstić information content (AvgIpc) is 2.33. The molecular weight excluding hydrogens is 250 g/mol. The van der Waals surface area contributed by atoms with E-state index in [0.717, 1.165) is 13.0 Å². The number of carbonyl (C=O) groups is 1. The maximum Gasteiger partial charge on any atom is 0.323 e. The zero-order valence-corrected chi connectivity index (χ0v) is 10.9. The van der Waals surface area contributed by atoms with Crippen LogP contribution in [0.3, 0.4) is 0 Å². The second-order valence-electron chi connectivity index (χ2n) is 4.34. The Hall–Kier alpha value is -2.15. The normalized spacial score (nSPS) is 10.5. The van der Waals surface area contributed by atoms with Crippen molar-refractivity contribution < 1.29 is 14.8 Å². The van der Waals surface area contributed by atoms with Crippen LogP contribution < -0.4 is 5.32 Å². The molecule has 1 aromatic carbocycles. The van der Waals surface area contributed by atoms with Crippen molar-refractivity contribution in [3.8, 4) is 5.75 Å². The van der Waals surface area contributed by atoms with Gasteiger partial charge in [0, 0.05) is 6.54 Å². The van der Waals surface area contributed by atoms with E-state index < -0.39 is 22.3 Å². The fourth-order valence-electron chi connectivity index (χ4n) is 1.60. The highest BCUT2D eigenvalue weighted by Crippen LogP contribution is 2.29. The van der Waals surface area contributed by atoms with E-state index in [4.69, 9.17) is 0 Å². The number of hydrogen-bond acceptors (Lipinski definition) is 5. The summed E-state index contributed by atoms with van der Waals surface area (Å²) in [5.74, 6) is -1.06. The predicted molar refractivity (Wildman–Crippen MR) is 70.3 cm³/mol. The van der Waals surface area contributed by atoms with Crippen LogP contribution in [0, 0.1) is 10.1 Å². The van der Waals surface area contributed by atoms with Crippen LogP contribution in [0.25, 0.3) is 0 Å². The van der Waals surface area contributed by atoms with Gasteiger partial charge in [0.15, 0.2) is 5.75 Å². The summed E-state index contributed by atoms with van der Waals surface area (Å²) < 4.78 is 0. The molecule has 0 spiro atoms. The molecule has 0 atom stereocenters. The molecule has 1 rings (SSSR count). The number of phenolic OH excluding ortho intramolecular Hbond substituents is 1. The Labute approximate surface area is 111 Å². The van der Waals surface area contributed by atoms with Gasteiger partial charge < -0.3 is 15.3 Å². The third-order valence-electron chi connectivity index (χ3n) is 2.51. The van der Waals surface area contributed by atoms with Gasteiger partial charge in [0.2, 0.25) is 0 Å². The van der Waals surface area contributed by atoms with Crippen LogP contribution >= 0.6 is 0 Å². The summed E-state index contributed by atoms with van der Waals surface area (Å²) in [6.45, 7) is 1.23. The minimum absolute atomic E-state index is 0.130. The Morgan fingerprint density at radius 3 is 2.74 bits per heavy atom. The van der Waals surface area contributed by atoms with Crippen molar-refractivity contribution in [2.24, 2.45) is 0 Å². The lowest BCUT2D eigenvalue weighted by Gasteiger charge is -2.10. The Bertz CT molecular complexity index is 474. The maximum atomic E-state index is 11.8. The van der Waals surface area contributed by atoms with Crippen molar-refractivity contribution in [2.45, 2.75) is 6.42 Å². The van der Waals surface area contributed by atoms with Gasteiger partial charge in [-0.2, -0.15) is 0 Å². The standard InChI is InChI=1S/C12H17N3O4/c1-14(2)8-4-7-13-12(17)9-5-3-6-10(16)11(9)15(18)19/h3,5-6,16H,4,7-8H2,1-2H3,(H,13,17). The molecule has 0 aliphatic carbocycles. The number of hydrogen-bond donors (Lipinski definition) is 2. The number of rotatable bonds is 6. The lowest BCUT2D eigenvalue weighted by Crippen LogP contribution is -2.27. The first-order chi connectivity index (χ1) is 8.93. The Balaban J connectivity index is 2.72. The minimum atomic E-state index is -0.760. The number of nitrogens with zero attached hydrogens (tertiary/aromatic N) is 2. The summed E-state index contributed by atoms with van der Waals surface area (Å²) in [5, 5.41) is 22.8. The molecule has 0 radical (unpaired) electrons. The zero-order chi connectivity index (χ0) is 14.4. The number of carbonyl (C=O) groups excluding carboxylic acids is 1. The summed E-state index contributed by atoms with van der Waals surface area (Å²) in [7, 11) is 3.84. The van der Waals surface area contributed by atoms with Gasteiger partial charge in [0.05, 0.1) is 4.92 Å². The van der Waals surface area contributed by atoms with Gasteiger partial charge >= 0.3 is 5.69 Å². The predicted octanol–water partition coefficient (Wildman–Crippen LogP) is 0.982. The lowest BCUT2D eigenvalue weighted by molar-refractivity contribution is -0.386. The van der Waals surface area contributed by atoms with E-state index in [1.165, 1.54) is 18.2 Å². The number of amides is 1. The van der Waals surface area contributed by atoms with Crippen LogP contribution in [-0.2, 0) is 0 Å². The van der Waals surface area contributed by atoms with Crippen LogP contribution in [0.2, 0.25) is 0 Å². The quantitative estimate of drug-likeness (QED) is 0.455. The largest absolute Gasteiger partial charge is 0.502 e. The summed E-state index contributed by atoms with van der Waals surface area (Å²) >= 11 is 0. The van der Waals surface area contributed by atoms with E-state index in [1.54, 1.807) is 0 Å². The summed E-state index contributed by atoms with van der Waals surface area (Å²) in [6, 6.07) is 3.90. The van der Waals surface area contributed by atoms with Crippen molar-refractivity contribution in [2.75, 3.05) is 27.2 Å². The van der Waals surface area contributed by atoms with Crippen molar-refractivity contribution in [1.29, 1.82) is 0 Å². The summed E-state index contributed by atoms with van der Waals surface area (Å²) in [5.41, 5.74) is -0.692. The van der Waals surface area contributed by atoms with Crippen LogP contribution in [-0.4, -0.2) is 48.0 Å². The smallest absolute Gasteiger partial charge is 0.323 e. The van der Waals surface area contributed by atoms with Gasteiger partial charge in [0.25, 0.3) is 5.91 Å². The molecule has 19 heavy (non-hydrogen) atoms. The molecule has 7 nitrogen and oxygen atoms in total. The van der Waals surface area contributed by atoms with Gasteiger partial charge in [-0.15, -0.1) is 0 Å². The Kier molecular flexibility index (Phi) is 5.25. The van der Waals surface area contributed by atoms with Crippen LogP contribution in [0.1, 0.15) is 16.8 Å². The van der Waals surface area contributed by atoms with E-state index in [1.807, 2.05) is 19.0 Å². The first kappa shape index (κ1) is 14.9. The van der Waals surface area contributed by atoms with Gasteiger partial charge in [-0.25, -0.2) is 0 Å². The van der Waals surface area contributed by atoms with Crippen LogP contribution in [0.4, 0.5) is 5.69 Å². The fraction of sp³-hybridized carbons (Fsp3) is 0.417. The molecule has 0 fully saturated rings. The van der Waals surface area contributed by atoms with E-state index in [2.05, 4.69) is 5.32 Å². The van der Waals surface area contributed by atoms with E-state index in [0.29, 0.717) is 6.54 Å². The molecule has 0 aromatic heterocycles. The van der Waals surface area contributed by atoms with E-state index in [9.17, 15) is 20.0 Å². The third kappa shape index (κ3) is 4.22. The molecule has 0 aliphatic rings. The lowest BCUT2D eigenvalue weighted by atomic mass is 10.1. The molecular formula is C12H17N3O4. The van der Waals surface area contributed by atoms with Gasteiger partial charge in [0.1, 0.15) is 5.56 Å². The molecule has 104 valence electrons. The zero-order valence-electron chi connectivity index (χ0n) is 10.9. The molecule has 0 aliphatic heterocycles. The van der Waals surface area contributed by atoms with Crippen LogP contribution in [0.15, 0.2) is 18.2 Å². The second-order valence-corrected chi connectivity index (χ2v) is 4.34. The van der Waals surface area contributed by atoms with Crippen LogP contribution in [0.5, 0.6) is 5.75 Å². The molecule has 0 unspecified atom stereocenters. The van der Waals surface area contributed by atoms with Crippen molar-refractivity contribution in [1.82, 2.24) is 10.2 Å². The van der Waals surface area contributed by atoms with Gasteiger partial charge in [-0.3, -0.25) is 14.9 Å². The second kappa shape index (κ2) is 6.69. The number of aromatic hydroxyl groups is 1. The first-order valence-corrected chi connectivity index (χ1v) is 5.82.